The van der Waals surface area contributed by atoms with E-state index in [-0.39, 0.29) is 17.7 Å². The lowest BCUT2D eigenvalue weighted by Gasteiger charge is -2.30. The van der Waals surface area contributed by atoms with E-state index in [9.17, 15) is 9.59 Å². The second-order valence-electron chi connectivity index (χ2n) is 6.02. The fourth-order valence-electron chi connectivity index (χ4n) is 3.01. The Bertz CT molecular complexity index is 624. The maximum atomic E-state index is 12.4. The monoisotopic (exact) mass is 350 g/mol. The van der Waals surface area contributed by atoms with Gasteiger partial charge in [-0.05, 0) is 18.9 Å². The number of ether oxygens (including phenoxy) is 3. The van der Waals surface area contributed by atoms with E-state index in [1.807, 2.05) is 0 Å². The number of hydrogen-bond donors (Lipinski definition) is 1. The summed E-state index contributed by atoms with van der Waals surface area (Å²) in [5, 5.41) is 2.96. The van der Waals surface area contributed by atoms with Crippen molar-refractivity contribution in [1.29, 1.82) is 0 Å². The lowest BCUT2D eigenvalue weighted by Crippen LogP contribution is -2.42. The molecule has 0 saturated carbocycles. The van der Waals surface area contributed by atoms with Crippen molar-refractivity contribution in [2.24, 2.45) is 5.92 Å². The SMILES string of the molecule is COc1cc(OC)c(OC)cc1CNC(=O)C1CCN(C(C)=O)CC1. The van der Waals surface area contributed by atoms with Crippen LogP contribution in [0.4, 0.5) is 0 Å². The first-order valence-electron chi connectivity index (χ1n) is 8.32. The molecule has 25 heavy (non-hydrogen) atoms. The average molecular weight is 350 g/mol. The third kappa shape index (κ3) is 4.55. The fraction of sp³-hybridized carbons (Fsp3) is 0.556. The van der Waals surface area contributed by atoms with Gasteiger partial charge in [0.1, 0.15) is 5.75 Å². The van der Waals surface area contributed by atoms with Gasteiger partial charge in [0.05, 0.1) is 21.3 Å². The molecule has 138 valence electrons. The molecule has 0 aliphatic carbocycles. The summed E-state index contributed by atoms with van der Waals surface area (Å²) < 4.78 is 15.9. The Morgan fingerprint density at radius 2 is 1.60 bits per heavy atom. The van der Waals surface area contributed by atoms with E-state index in [1.165, 1.54) is 0 Å². The molecule has 2 amide bonds. The summed E-state index contributed by atoms with van der Waals surface area (Å²) in [5.41, 5.74) is 0.815. The molecule has 1 heterocycles. The highest BCUT2D eigenvalue weighted by atomic mass is 16.5. The van der Waals surface area contributed by atoms with Gasteiger partial charge in [0, 0.05) is 44.1 Å². The van der Waals surface area contributed by atoms with Crippen LogP contribution in [0.15, 0.2) is 12.1 Å². The van der Waals surface area contributed by atoms with E-state index in [0.717, 1.165) is 5.56 Å². The van der Waals surface area contributed by atoms with Crippen molar-refractivity contribution in [1.82, 2.24) is 10.2 Å². The Hall–Kier alpha value is -2.44. The number of carbonyl (C=O) groups is 2. The molecule has 1 saturated heterocycles. The number of likely N-dealkylation sites (tertiary alicyclic amines) is 1. The van der Waals surface area contributed by atoms with Crippen LogP contribution >= 0.6 is 0 Å². The van der Waals surface area contributed by atoms with E-state index >= 15 is 0 Å². The predicted octanol–water partition coefficient (Wildman–Crippen LogP) is 1.59. The van der Waals surface area contributed by atoms with Crippen molar-refractivity contribution in [2.45, 2.75) is 26.3 Å². The molecule has 1 aliphatic rings. The molecular weight excluding hydrogens is 324 g/mol. The molecule has 0 radical (unpaired) electrons. The molecule has 2 rings (SSSR count). The van der Waals surface area contributed by atoms with E-state index in [2.05, 4.69) is 5.32 Å². The molecule has 1 aromatic carbocycles. The highest BCUT2D eigenvalue weighted by Gasteiger charge is 2.26. The largest absolute Gasteiger partial charge is 0.496 e. The molecule has 7 heteroatoms. The Morgan fingerprint density at radius 3 is 2.12 bits per heavy atom. The van der Waals surface area contributed by atoms with Gasteiger partial charge < -0.3 is 24.4 Å². The Balaban J connectivity index is 1.98. The summed E-state index contributed by atoms with van der Waals surface area (Å²) in [5.74, 6) is 1.79. The van der Waals surface area contributed by atoms with Crippen LogP contribution in [0, 0.1) is 5.92 Å². The summed E-state index contributed by atoms with van der Waals surface area (Å²) in [7, 11) is 4.70. The minimum absolute atomic E-state index is 0.0000370. The van der Waals surface area contributed by atoms with Crippen LogP contribution in [0.25, 0.3) is 0 Å². The minimum atomic E-state index is -0.0678. The molecule has 1 aliphatic heterocycles. The molecule has 0 bridgehead atoms. The van der Waals surface area contributed by atoms with Gasteiger partial charge >= 0.3 is 0 Å². The zero-order valence-electron chi connectivity index (χ0n) is 15.3. The number of nitrogens with one attached hydrogen (secondary N) is 1. The lowest BCUT2D eigenvalue weighted by atomic mass is 9.96. The maximum Gasteiger partial charge on any atom is 0.223 e. The first-order valence-corrected chi connectivity index (χ1v) is 8.32. The van der Waals surface area contributed by atoms with Gasteiger partial charge in [-0.15, -0.1) is 0 Å². The molecule has 1 fully saturated rings. The topological polar surface area (TPSA) is 77.1 Å². The molecule has 7 nitrogen and oxygen atoms in total. The Morgan fingerprint density at radius 1 is 1.04 bits per heavy atom. The smallest absolute Gasteiger partial charge is 0.223 e. The quantitative estimate of drug-likeness (QED) is 0.843. The van der Waals surface area contributed by atoms with Gasteiger partial charge in [0.2, 0.25) is 11.8 Å². The van der Waals surface area contributed by atoms with Crippen LogP contribution in [-0.2, 0) is 16.1 Å². The van der Waals surface area contributed by atoms with Crippen LogP contribution in [0.3, 0.4) is 0 Å². The number of amides is 2. The molecule has 0 spiro atoms. The third-order valence-electron chi connectivity index (χ3n) is 4.55. The van der Waals surface area contributed by atoms with Crippen molar-refractivity contribution in [3.8, 4) is 17.2 Å². The molecule has 0 unspecified atom stereocenters. The van der Waals surface area contributed by atoms with Crippen molar-refractivity contribution in [3.63, 3.8) is 0 Å². The normalized spacial score (nSPS) is 14.8. The van der Waals surface area contributed by atoms with Crippen LogP contribution in [0.5, 0.6) is 17.2 Å². The number of carbonyl (C=O) groups excluding carboxylic acids is 2. The number of rotatable bonds is 6. The summed E-state index contributed by atoms with van der Waals surface area (Å²) in [4.78, 5) is 25.6. The fourth-order valence-corrected chi connectivity index (χ4v) is 3.01. The Kier molecular flexibility index (Phi) is 6.50. The van der Waals surface area contributed by atoms with Gasteiger partial charge in [0.15, 0.2) is 11.5 Å². The predicted molar refractivity (Wildman–Crippen MR) is 92.9 cm³/mol. The van der Waals surface area contributed by atoms with Crippen molar-refractivity contribution in [3.05, 3.63) is 17.7 Å². The van der Waals surface area contributed by atoms with Crippen molar-refractivity contribution >= 4 is 11.8 Å². The van der Waals surface area contributed by atoms with Crippen LogP contribution in [0.1, 0.15) is 25.3 Å². The van der Waals surface area contributed by atoms with Gasteiger partial charge in [-0.25, -0.2) is 0 Å². The number of nitrogens with zero attached hydrogens (tertiary/aromatic N) is 1. The first kappa shape index (κ1) is 18.9. The number of methoxy groups -OCH3 is 3. The second kappa shape index (κ2) is 8.60. The van der Waals surface area contributed by atoms with Gasteiger partial charge in [-0.2, -0.15) is 0 Å². The minimum Gasteiger partial charge on any atom is -0.496 e. The van der Waals surface area contributed by atoms with Crippen molar-refractivity contribution in [2.75, 3.05) is 34.4 Å². The van der Waals surface area contributed by atoms with Gasteiger partial charge in [0.25, 0.3) is 0 Å². The lowest BCUT2D eigenvalue weighted by molar-refractivity contribution is -0.134. The standard InChI is InChI=1S/C18H26N2O5/c1-12(21)20-7-5-13(6-8-20)18(22)19-11-14-9-16(24-3)17(25-4)10-15(14)23-2/h9-10,13H,5-8,11H2,1-4H3,(H,19,22). The third-order valence-corrected chi connectivity index (χ3v) is 4.55. The zero-order chi connectivity index (χ0) is 18.4. The summed E-state index contributed by atoms with van der Waals surface area (Å²) >= 11 is 0. The molecule has 0 aromatic heterocycles. The second-order valence-corrected chi connectivity index (χ2v) is 6.02. The average Bonchev–Trinajstić information content (AvgIpc) is 2.65. The van der Waals surface area contributed by atoms with E-state index < -0.39 is 0 Å². The van der Waals surface area contributed by atoms with Crippen LogP contribution in [-0.4, -0.2) is 51.1 Å². The summed E-state index contributed by atoms with van der Waals surface area (Å²) in [6.45, 7) is 3.17. The zero-order valence-corrected chi connectivity index (χ0v) is 15.3. The summed E-state index contributed by atoms with van der Waals surface area (Å²) in [6, 6.07) is 3.54. The van der Waals surface area contributed by atoms with E-state index in [1.54, 1.807) is 45.3 Å². The van der Waals surface area contributed by atoms with E-state index in [0.29, 0.717) is 49.7 Å². The summed E-state index contributed by atoms with van der Waals surface area (Å²) in [6.07, 6.45) is 1.38. The maximum absolute atomic E-state index is 12.4. The highest BCUT2D eigenvalue weighted by Crippen LogP contribution is 2.34. The molecular formula is C18H26N2O5. The van der Waals surface area contributed by atoms with Gasteiger partial charge in [-0.1, -0.05) is 0 Å². The highest BCUT2D eigenvalue weighted by molar-refractivity contribution is 5.79. The Labute approximate surface area is 148 Å². The van der Waals surface area contributed by atoms with E-state index in [4.69, 9.17) is 14.2 Å². The van der Waals surface area contributed by atoms with Gasteiger partial charge in [-0.3, -0.25) is 9.59 Å². The van der Waals surface area contributed by atoms with Crippen LogP contribution < -0.4 is 19.5 Å². The van der Waals surface area contributed by atoms with Crippen LogP contribution in [0.2, 0.25) is 0 Å². The first-order chi connectivity index (χ1) is 12.0. The number of benzene rings is 1. The molecule has 1 aromatic rings. The number of piperidine rings is 1. The molecule has 1 N–H and O–H groups in total. The van der Waals surface area contributed by atoms with Crippen molar-refractivity contribution < 1.29 is 23.8 Å². The number of hydrogen-bond acceptors (Lipinski definition) is 5. The molecule has 0 atom stereocenters.